The molecule has 0 aliphatic carbocycles. The first kappa shape index (κ1) is 10.1. The van der Waals surface area contributed by atoms with Crippen molar-refractivity contribution < 1.29 is 0 Å². The maximum Gasteiger partial charge on any atom is 0.0471 e. The lowest BCUT2D eigenvalue weighted by atomic mass is 10.0. The Kier molecular flexibility index (Phi) is 1.73. The second-order valence-corrected chi connectivity index (χ2v) is 5.26. The summed E-state index contributed by atoms with van der Waals surface area (Å²) in [5.41, 5.74) is 3.59. The van der Waals surface area contributed by atoms with Crippen LogP contribution in [0.1, 0.15) is 0 Å². The van der Waals surface area contributed by atoms with E-state index in [0.29, 0.717) is 0 Å². The summed E-state index contributed by atoms with van der Waals surface area (Å²) in [5, 5.41) is 6.52. The Bertz CT molecular complexity index is 1100. The zero-order valence-corrected chi connectivity index (χ0v) is 10.8. The Morgan fingerprint density at radius 2 is 1.40 bits per heavy atom. The predicted octanol–water partition coefficient (Wildman–Crippen LogP) is 4.96. The van der Waals surface area contributed by atoms with E-state index in [0.717, 1.165) is 0 Å². The fraction of sp³-hybridized carbons (Fsp3) is 0. The predicted molar refractivity (Wildman–Crippen MR) is 85.2 cm³/mol. The number of hydrogen-bond donors (Lipinski definition) is 2. The number of fused-ring (bicyclic) bond motifs is 7. The van der Waals surface area contributed by atoms with Crippen molar-refractivity contribution in [2.75, 3.05) is 0 Å². The highest BCUT2D eigenvalue weighted by Crippen LogP contribution is 2.34. The van der Waals surface area contributed by atoms with Crippen LogP contribution in [0.5, 0.6) is 0 Å². The van der Waals surface area contributed by atoms with E-state index in [9.17, 15) is 0 Å². The molecule has 5 rings (SSSR count). The van der Waals surface area contributed by atoms with Crippen LogP contribution in [0.3, 0.4) is 0 Å². The van der Waals surface area contributed by atoms with Crippen LogP contribution in [0.15, 0.2) is 60.8 Å². The molecule has 0 saturated heterocycles. The van der Waals surface area contributed by atoms with Crippen LogP contribution in [-0.4, -0.2) is 9.97 Å². The molecule has 2 heterocycles. The van der Waals surface area contributed by atoms with Gasteiger partial charge in [-0.05, 0) is 35.0 Å². The van der Waals surface area contributed by atoms with Gasteiger partial charge in [-0.3, -0.25) is 0 Å². The fourth-order valence-electron chi connectivity index (χ4n) is 3.30. The van der Waals surface area contributed by atoms with Crippen molar-refractivity contribution in [3.8, 4) is 0 Å². The molecule has 0 saturated carbocycles. The summed E-state index contributed by atoms with van der Waals surface area (Å²) in [6.07, 6.45) is 2.00. The third kappa shape index (κ3) is 1.14. The average molecular weight is 256 g/mol. The monoisotopic (exact) mass is 256 g/mol. The summed E-state index contributed by atoms with van der Waals surface area (Å²) in [6.45, 7) is 0. The number of nitrogens with one attached hydrogen (secondary N) is 2. The lowest BCUT2D eigenvalue weighted by Crippen LogP contribution is -1.77. The maximum atomic E-state index is 3.50. The van der Waals surface area contributed by atoms with E-state index in [-0.39, 0.29) is 0 Å². The van der Waals surface area contributed by atoms with E-state index in [2.05, 4.69) is 64.6 Å². The highest BCUT2D eigenvalue weighted by Gasteiger charge is 2.09. The molecule has 94 valence electrons. The second-order valence-electron chi connectivity index (χ2n) is 5.26. The molecule has 0 spiro atoms. The molecule has 0 aliphatic heterocycles. The van der Waals surface area contributed by atoms with Gasteiger partial charge in [-0.25, -0.2) is 0 Å². The van der Waals surface area contributed by atoms with Crippen molar-refractivity contribution in [1.82, 2.24) is 9.97 Å². The first-order chi connectivity index (χ1) is 9.92. The van der Waals surface area contributed by atoms with Gasteiger partial charge >= 0.3 is 0 Å². The van der Waals surface area contributed by atoms with Crippen LogP contribution >= 0.6 is 0 Å². The summed E-state index contributed by atoms with van der Waals surface area (Å²) < 4.78 is 0. The Hall–Kier alpha value is -2.74. The number of H-pyrrole nitrogens is 2. The van der Waals surface area contributed by atoms with Crippen molar-refractivity contribution >= 4 is 43.5 Å². The van der Waals surface area contributed by atoms with Crippen molar-refractivity contribution in [2.45, 2.75) is 0 Å². The molecule has 0 fully saturated rings. The molecule has 2 N–H and O–H groups in total. The number of aromatic nitrogens is 2. The topological polar surface area (TPSA) is 31.6 Å². The second kappa shape index (κ2) is 3.42. The van der Waals surface area contributed by atoms with Gasteiger partial charge in [0.1, 0.15) is 0 Å². The van der Waals surface area contributed by atoms with Crippen LogP contribution in [0.4, 0.5) is 0 Å². The number of para-hydroxylation sites is 1. The highest BCUT2D eigenvalue weighted by atomic mass is 14.7. The first-order valence-electron chi connectivity index (χ1n) is 6.81. The summed E-state index contributed by atoms with van der Waals surface area (Å²) in [6, 6.07) is 19.4. The third-order valence-electron chi connectivity index (χ3n) is 4.20. The minimum Gasteiger partial charge on any atom is -0.361 e. The molecule has 0 aliphatic rings. The lowest BCUT2D eigenvalue weighted by Gasteiger charge is -2.02. The molecule has 3 aromatic carbocycles. The van der Waals surface area contributed by atoms with Gasteiger partial charge < -0.3 is 9.97 Å². The van der Waals surface area contributed by atoms with Gasteiger partial charge in [0.05, 0.1) is 0 Å². The minimum absolute atomic E-state index is 1.19. The van der Waals surface area contributed by atoms with Crippen LogP contribution in [0.2, 0.25) is 0 Å². The summed E-state index contributed by atoms with van der Waals surface area (Å²) in [4.78, 5) is 6.79. The smallest absolute Gasteiger partial charge is 0.0471 e. The van der Waals surface area contributed by atoms with Gasteiger partial charge in [0.15, 0.2) is 0 Å². The fourth-order valence-corrected chi connectivity index (χ4v) is 3.30. The highest BCUT2D eigenvalue weighted by molar-refractivity contribution is 6.24. The maximum absolute atomic E-state index is 3.50. The SMILES string of the molecule is c1ccc2c(c1)[nH]c1ccc3c4cc[nH]c4ccc3c12. The number of aromatic amines is 2. The molecule has 0 bridgehead atoms. The van der Waals surface area contributed by atoms with Gasteiger partial charge in [-0.1, -0.05) is 30.3 Å². The van der Waals surface area contributed by atoms with Gasteiger partial charge in [0.2, 0.25) is 0 Å². The van der Waals surface area contributed by atoms with Crippen LogP contribution < -0.4 is 0 Å². The van der Waals surface area contributed by atoms with Gasteiger partial charge in [-0.2, -0.15) is 0 Å². The van der Waals surface area contributed by atoms with E-state index in [1.807, 2.05) is 6.20 Å². The first-order valence-corrected chi connectivity index (χ1v) is 6.81. The van der Waals surface area contributed by atoms with E-state index < -0.39 is 0 Å². The molecule has 0 amide bonds. The molecule has 0 atom stereocenters. The average Bonchev–Trinajstić information content (AvgIpc) is 3.10. The van der Waals surface area contributed by atoms with Crippen molar-refractivity contribution in [3.63, 3.8) is 0 Å². The van der Waals surface area contributed by atoms with Crippen molar-refractivity contribution in [2.24, 2.45) is 0 Å². The molecule has 2 heteroatoms. The van der Waals surface area contributed by atoms with Crippen molar-refractivity contribution in [3.05, 3.63) is 60.8 Å². The Balaban J connectivity index is 2.14. The third-order valence-corrected chi connectivity index (χ3v) is 4.20. The van der Waals surface area contributed by atoms with E-state index >= 15 is 0 Å². The Morgan fingerprint density at radius 3 is 2.40 bits per heavy atom. The molecule has 2 aromatic heterocycles. The van der Waals surface area contributed by atoms with E-state index in [1.165, 1.54) is 43.5 Å². The van der Waals surface area contributed by atoms with Crippen LogP contribution in [-0.2, 0) is 0 Å². The molecular formula is C18H12N2. The summed E-state index contributed by atoms with van der Waals surface area (Å²) in [5.74, 6) is 0. The standard InChI is InChI=1S/C18H12N2/c1-2-4-16-14(3-1)18-13-6-7-15-12(9-10-19-15)11(13)5-8-17(18)20-16/h1-10,19-20H. The van der Waals surface area contributed by atoms with Gasteiger partial charge in [0, 0.05) is 38.9 Å². The molecule has 0 unspecified atom stereocenters. The molecule has 0 radical (unpaired) electrons. The van der Waals surface area contributed by atoms with Crippen LogP contribution in [0.25, 0.3) is 43.5 Å². The molecule has 5 aromatic rings. The normalized spacial score (nSPS) is 12.0. The zero-order valence-electron chi connectivity index (χ0n) is 10.8. The van der Waals surface area contributed by atoms with E-state index in [4.69, 9.17) is 0 Å². The summed E-state index contributed by atoms with van der Waals surface area (Å²) in [7, 11) is 0. The molecule has 2 nitrogen and oxygen atoms in total. The van der Waals surface area contributed by atoms with Crippen LogP contribution in [0, 0.1) is 0 Å². The van der Waals surface area contributed by atoms with Gasteiger partial charge in [0.25, 0.3) is 0 Å². The minimum atomic E-state index is 1.19. The Labute approximate surface area is 115 Å². The quantitative estimate of drug-likeness (QED) is 0.392. The van der Waals surface area contributed by atoms with Gasteiger partial charge in [-0.15, -0.1) is 0 Å². The number of benzene rings is 3. The largest absolute Gasteiger partial charge is 0.361 e. The number of rotatable bonds is 0. The molecular weight excluding hydrogens is 244 g/mol. The molecule has 20 heavy (non-hydrogen) atoms. The zero-order chi connectivity index (χ0) is 13.1. The summed E-state index contributed by atoms with van der Waals surface area (Å²) >= 11 is 0. The van der Waals surface area contributed by atoms with E-state index in [1.54, 1.807) is 0 Å². The number of hydrogen-bond acceptors (Lipinski definition) is 0. The lowest BCUT2D eigenvalue weighted by molar-refractivity contribution is 1.48. The van der Waals surface area contributed by atoms with Crippen molar-refractivity contribution in [1.29, 1.82) is 0 Å². The Morgan fingerprint density at radius 1 is 0.550 bits per heavy atom.